The molecule has 2 N–H and O–H groups in total. The number of alkyl halides is 3. The molecule has 1 saturated carbocycles. The zero-order valence-corrected chi connectivity index (χ0v) is 17.4. The third-order valence-electron chi connectivity index (χ3n) is 5.84. The molecule has 3 rings (SSSR count). The summed E-state index contributed by atoms with van der Waals surface area (Å²) in [5.74, 6) is -0.111. The number of piperidine rings is 1. The first-order valence-electron chi connectivity index (χ1n) is 10.1. The normalized spacial score (nSPS) is 29.0. The Morgan fingerprint density at radius 1 is 1.14 bits per heavy atom. The summed E-state index contributed by atoms with van der Waals surface area (Å²) in [6.07, 6.45) is 1.18. The van der Waals surface area contributed by atoms with Crippen LogP contribution in [0.2, 0.25) is 0 Å². The molecule has 0 radical (unpaired) electrons. The molecule has 0 spiro atoms. The topological polar surface area (TPSA) is 67.4 Å². The van der Waals surface area contributed by atoms with Crippen molar-refractivity contribution in [3.63, 3.8) is 0 Å². The van der Waals surface area contributed by atoms with Crippen molar-refractivity contribution in [2.24, 2.45) is 0 Å². The van der Waals surface area contributed by atoms with Crippen LogP contribution in [0.5, 0.6) is 0 Å². The van der Waals surface area contributed by atoms with Gasteiger partial charge in [0.25, 0.3) is 0 Å². The smallest absolute Gasteiger partial charge is 0.377 e. The Kier molecular flexibility index (Phi) is 7.24. The highest BCUT2D eigenvalue weighted by atomic mass is 32.2. The van der Waals surface area contributed by atoms with E-state index in [-0.39, 0.29) is 24.1 Å². The van der Waals surface area contributed by atoms with Gasteiger partial charge in [0.2, 0.25) is 10.0 Å². The first-order valence-corrected chi connectivity index (χ1v) is 12.0. The molecule has 0 aromatic heterocycles. The van der Waals surface area contributed by atoms with Gasteiger partial charge in [-0.1, -0.05) is 18.2 Å². The Morgan fingerprint density at radius 2 is 1.83 bits per heavy atom. The molecule has 2 fully saturated rings. The van der Waals surface area contributed by atoms with Gasteiger partial charge in [-0.05, 0) is 62.6 Å². The molecule has 0 amide bonds. The fourth-order valence-electron chi connectivity index (χ4n) is 4.44. The van der Waals surface area contributed by atoms with Gasteiger partial charge >= 0.3 is 6.18 Å². The van der Waals surface area contributed by atoms with E-state index in [9.17, 15) is 21.6 Å². The predicted molar refractivity (Wildman–Crippen MR) is 105 cm³/mol. The van der Waals surface area contributed by atoms with E-state index in [2.05, 4.69) is 10.0 Å². The Hall–Kier alpha value is -1.16. The molecule has 2 aliphatic rings. The van der Waals surface area contributed by atoms with Crippen molar-refractivity contribution in [2.75, 3.05) is 19.4 Å². The van der Waals surface area contributed by atoms with Crippen LogP contribution in [0.25, 0.3) is 0 Å². The monoisotopic (exact) mass is 434 g/mol. The molecule has 1 aliphatic heterocycles. The average molecular weight is 435 g/mol. The molecule has 0 bridgehead atoms. The highest BCUT2D eigenvalue weighted by molar-refractivity contribution is 7.88. The molecule has 1 aromatic rings. The molecule has 1 aliphatic carbocycles. The van der Waals surface area contributed by atoms with Gasteiger partial charge in [-0.2, -0.15) is 13.2 Å². The van der Waals surface area contributed by atoms with Crippen molar-refractivity contribution in [3.05, 3.63) is 35.4 Å². The van der Waals surface area contributed by atoms with E-state index in [0.717, 1.165) is 31.7 Å². The zero-order valence-electron chi connectivity index (χ0n) is 16.5. The minimum absolute atomic E-state index is 0.00749. The summed E-state index contributed by atoms with van der Waals surface area (Å²) in [5.41, 5.74) is -0.157. The molecule has 29 heavy (non-hydrogen) atoms. The van der Waals surface area contributed by atoms with E-state index >= 15 is 0 Å². The van der Waals surface area contributed by atoms with Gasteiger partial charge < -0.3 is 10.1 Å². The summed E-state index contributed by atoms with van der Waals surface area (Å²) in [7, 11) is -3.29. The standard InChI is InChI=1S/C20H29F3N2O3S/c1-29(26,27)25-18-7-4-12-24-19(18)13-28-15-10-8-14(9-11-15)16-5-2-3-6-17(16)20(21,22)23/h2-3,5-6,14-15,18-19,24-25H,4,7-13H2,1H3/t14-,15+,18-,19-/m0/s1. The van der Waals surface area contributed by atoms with Gasteiger partial charge in [-0.3, -0.25) is 0 Å². The Morgan fingerprint density at radius 3 is 2.48 bits per heavy atom. The third-order valence-corrected chi connectivity index (χ3v) is 6.57. The van der Waals surface area contributed by atoms with Gasteiger partial charge in [0.05, 0.1) is 24.5 Å². The summed E-state index contributed by atoms with van der Waals surface area (Å²) in [6, 6.07) is 5.54. The summed E-state index contributed by atoms with van der Waals surface area (Å²) in [4.78, 5) is 0. The maximum absolute atomic E-state index is 13.3. The first kappa shape index (κ1) is 22.5. The molecule has 1 heterocycles. The number of hydrogen-bond acceptors (Lipinski definition) is 4. The fraction of sp³-hybridized carbons (Fsp3) is 0.700. The Labute approximate surface area is 170 Å². The predicted octanol–water partition coefficient (Wildman–Crippen LogP) is 3.42. The van der Waals surface area contributed by atoms with Crippen LogP contribution >= 0.6 is 0 Å². The lowest BCUT2D eigenvalue weighted by atomic mass is 9.81. The second-order valence-corrected chi connectivity index (χ2v) is 9.87. The highest BCUT2D eigenvalue weighted by Crippen LogP contribution is 2.41. The Bertz CT molecular complexity index is 777. The van der Waals surface area contributed by atoms with Crippen molar-refractivity contribution in [2.45, 2.75) is 68.8 Å². The van der Waals surface area contributed by atoms with Crippen LogP contribution in [0.4, 0.5) is 13.2 Å². The van der Waals surface area contributed by atoms with Gasteiger partial charge in [-0.15, -0.1) is 0 Å². The van der Waals surface area contributed by atoms with Gasteiger partial charge in [0.1, 0.15) is 0 Å². The van der Waals surface area contributed by atoms with Crippen LogP contribution < -0.4 is 10.0 Å². The first-order chi connectivity index (χ1) is 13.6. The van der Waals surface area contributed by atoms with Gasteiger partial charge in [0.15, 0.2) is 0 Å². The number of nitrogens with one attached hydrogen (secondary N) is 2. The van der Waals surface area contributed by atoms with E-state index < -0.39 is 21.8 Å². The molecule has 9 heteroatoms. The number of benzene rings is 1. The van der Waals surface area contributed by atoms with Crippen molar-refractivity contribution in [3.8, 4) is 0 Å². The van der Waals surface area contributed by atoms with E-state index in [0.29, 0.717) is 37.9 Å². The number of halogens is 3. The molecule has 1 saturated heterocycles. The van der Waals surface area contributed by atoms with Gasteiger partial charge in [-0.25, -0.2) is 13.1 Å². The molecular weight excluding hydrogens is 405 g/mol. The van der Waals surface area contributed by atoms with Crippen LogP contribution in [0, 0.1) is 0 Å². The van der Waals surface area contributed by atoms with Crippen LogP contribution in [0.3, 0.4) is 0 Å². The molecule has 5 nitrogen and oxygen atoms in total. The lowest BCUT2D eigenvalue weighted by Crippen LogP contribution is -2.55. The van der Waals surface area contributed by atoms with Gasteiger partial charge in [0, 0.05) is 12.1 Å². The molecule has 1 aromatic carbocycles. The van der Waals surface area contributed by atoms with E-state index in [1.165, 1.54) is 6.07 Å². The minimum atomic E-state index is -4.34. The second-order valence-electron chi connectivity index (χ2n) is 8.09. The van der Waals surface area contributed by atoms with E-state index in [1.807, 2.05) is 0 Å². The van der Waals surface area contributed by atoms with Crippen LogP contribution in [0.15, 0.2) is 24.3 Å². The van der Waals surface area contributed by atoms with Crippen LogP contribution in [-0.4, -0.2) is 46.0 Å². The van der Waals surface area contributed by atoms with Crippen molar-refractivity contribution < 1.29 is 26.3 Å². The molecule has 0 unspecified atom stereocenters. The molecule has 2 atom stereocenters. The quantitative estimate of drug-likeness (QED) is 0.720. The van der Waals surface area contributed by atoms with Crippen molar-refractivity contribution >= 4 is 10.0 Å². The zero-order chi connectivity index (χ0) is 21.1. The fourth-order valence-corrected chi connectivity index (χ4v) is 5.27. The summed E-state index contributed by atoms with van der Waals surface area (Å²) in [6.45, 7) is 1.21. The minimum Gasteiger partial charge on any atom is -0.377 e. The summed E-state index contributed by atoms with van der Waals surface area (Å²) < 4.78 is 71.7. The lowest BCUT2D eigenvalue weighted by Gasteiger charge is -2.35. The number of ether oxygens (including phenoxy) is 1. The van der Waals surface area contributed by atoms with Crippen molar-refractivity contribution in [1.29, 1.82) is 0 Å². The highest BCUT2D eigenvalue weighted by Gasteiger charge is 2.36. The van der Waals surface area contributed by atoms with E-state index in [1.54, 1.807) is 12.1 Å². The Balaban J connectivity index is 1.53. The van der Waals surface area contributed by atoms with Crippen LogP contribution in [-0.2, 0) is 20.9 Å². The second kappa shape index (κ2) is 9.32. The maximum Gasteiger partial charge on any atom is 0.416 e. The number of hydrogen-bond donors (Lipinski definition) is 2. The van der Waals surface area contributed by atoms with Crippen molar-refractivity contribution in [1.82, 2.24) is 10.0 Å². The number of sulfonamides is 1. The largest absolute Gasteiger partial charge is 0.416 e. The SMILES string of the molecule is CS(=O)(=O)N[C@H]1CCCN[C@H]1CO[C@H]1CC[C@@H](c2ccccc2C(F)(F)F)CC1. The summed E-state index contributed by atoms with van der Waals surface area (Å²) >= 11 is 0. The average Bonchev–Trinajstić information content (AvgIpc) is 2.66. The number of rotatable bonds is 6. The van der Waals surface area contributed by atoms with E-state index in [4.69, 9.17) is 4.74 Å². The lowest BCUT2D eigenvalue weighted by molar-refractivity contribution is -0.138. The molecule has 164 valence electrons. The maximum atomic E-state index is 13.3. The summed E-state index contributed by atoms with van der Waals surface area (Å²) in [5, 5.41) is 3.31. The van der Waals surface area contributed by atoms with Crippen LogP contribution in [0.1, 0.15) is 55.6 Å². The molecular formula is C20H29F3N2O3S. The third kappa shape index (κ3) is 6.41.